The van der Waals surface area contributed by atoms with Crippen LogP contribution in [-0.4, -0.2) is 9.55 Å². The molecule has 0 fully saturated rings. The van der Waals surface area contributed by atoms with Crippen molar-refractivity contribution in [3.05, 3.63) is 102 Å². The van der Waals surface area contributed by atoms with Gasteiger partial charge in [0.1, 0.15) is 5.69 Å². The van der Waals surface area contributed by atoms with Gasteiger partial charge in [-0.25, -0.2) is 9.55 Å². The molecular formula is C32H30N3S+. The van der Waals surface area contributed by atoms with Crippen LogP contribution in [0.3, 0.4) is 0 Å². The van der Waals surface area contributed by atoms with Crippen molar-refractivity contribution < 1.29 is 4.57 Å². The van der Waals surface area contributed by atoms with Crippen LogP contribution in [-0.2, 0) is 12.5 Å². The lowest BCUT2D eigenvalue weighted by molar-refractivity contribution is -0.633. The van der Waals surface area contributed by atoms with Crippen LogP contribution in [0.4, 0.5) is 0 Å². The van der Waals surface area contributed by atoms with Gasteiger partial charge in [0.05, 0.1) is 27.8 Å². The molecule has 36 heavy (non-hydrogen) atoms. The summed E-state index contributed by atoms with van der Waals surface area (Å²) in [6.07, 6.45) is 0. The summed E-state index contributed by atoms with van der Waals surface area (Å²) in [5.41, 5.74) is 9.50. The molecule has 2 aromatic heterocycles. The van der Waals surface area contributed by atoms with E-state index in [0.717, 1.165) is 17.0 Å². The second kappa shape index (κ2) is 8.42. The Kier molecular flexibility index (Phi) is 5.31. The number of nitrogens with zero attached hydrogens (tertiary/aromatic N) is 3. The van der Waals surface area contributed by atoms with E-state index >= 15 is 0 Å². The minimum absolute atomic E-state index is 0.0109. The average molecular weight is 489 g/mol. The van der Waals surface area contributed by atoms with Crippen LogP contribution in [0.2, 0.25) is 0 Å². The molecule has 0 bridgehead atoms. The summed E-state index contributed by atoms with van der Waals surface area (Å²) in [4.78, 5) is 5.21. The SMILES string of the molecule is Cc1ccc2sc(C(C)(C)C)nc2c1-c1n(-c2ccc(-c3ccccc3)cc2)c2ccccc2[n+]1C. The highest BCUT2D eigenvalue weighted by Gasteiger charge is 2.30. The van der Waals surface area contributed by atoms with Gasteiger partial charge in [0, 0.05) is 5.41 Å². The molecule has 0 aliphatic rings. The number of rotatable bonds is 3. The maximum Gasteiger partial charge on any atom is 0.297 e. The largest absolute Gasteiger partial charge is 0.297 e. The number of hydrogen-bond acceptors (Lipinski definition) is 2. The maximum atomic E-state index is 5.21. The smallest absolute Gasteiger partial charge is 0.240 e. The predicted molar refractivity (Wildman–Crippen MR) is 152 cm³/mol. The third-order valence-electron chi connectivity index (χ3n) is 6.88. The monoisotopic (exact) mass is 488 g/mol. The molecule has 6 aromatic rings. The fourth-order valence-corrected chi connectivity index (χ4v) is 6.02. The molecule has 0 unspecified atom stereocenters. The summed E-state index contributed by atoms with van der Waals surface area (Å²) >= 11 is 1.81. The van der Waals surface area contributed by atoms with Crippen molar-refractivity contribution in [1.29, 1.82) is 0 Å². The standard InChI is InChI=1S/C32H30N3S/c1-21-15-20-27-29(33-31(36-27)32(2,3)4)28(21)30-34(5)25-13-9-10-14-26(25)35(30)24-18-16-23(17-19-24)22-11-7-6-8-12-22/h6-20H,1-5H3/q+1. The van der Waals surface area contributed by atoms with Crippen molar-refractivity contribution in [3.8, 4) is 28.2 Å². The summed E-state index contributed by atoms with van der Waals surface area (Å²) in [6.45, 7) is 8.92. The topological polar surface area (TPSA) is 21.7 Å². The van der Waals surface area contributed by atoms with Gasteiger partial charge in [0.15, 0.2) is 11.0 Å². The van der Waals surface area contributed by atoms with Crippen LogP contribution in [0.25, 0.3) is 49.5 Å². The molecule has 0 aliphatic heterocycles. The number of para-hydroxylation sites is 2. The first kappa shape index (κ1) is 22.7. The Morgan fingerprint density at radius 1 is 0.778 bits per heavy atom. The summed E-state index contributed by atoms with van der Waals surface area (Å²) in [5.74, 6) is 1.15. The van der Waals surface area contributed by atoms with Crippen LogP contribution < -0.4 is 4.57 Å². The quantitative estimate of drug-likeness (QED) is 0.231. The van der Waals surface area contributed by atoms with Crippen molar-refractivity contribution in [3.63, 3.8) is 0 Å². The first-order valence-corrected chi connectivity index (χ1v) is 13.2. The van der Waals surface area contributed by atoms with Gasteiger partial charge >= 0.3 is 0 Å². The molecule has 0 saturated heterocycles. The fraction of sp³-hybridized carbons (Fsp3) is 0.188. The number of imidazole rings is 1. The van der Waals surface area contributed by atoms with E-state index in [-0.39, 0.29) is 5.41 Å². The zero-order valence-corrected chi connectivity index (χ0v) is 22.2. The second-order valence-corrected chi connectivity index (χ2v) is 11.5. The number of aromatic nitrogens is 3. The van der Waals surface area contributed by atoms with Crippen LogP contribution in [0.15, 0.2) is 91.0 Å². The van der Waals surface area contributed by atoms with Crippen molar-refractivity contribution in [2.75, 3.05) is 0 Å². The molecule has 0 N–H and O–H groups in total. The first-order chi connectivity index (χ1) is 17.3. The van der Waals surface area contributed by atoms with Crippen molar-refractivity contribution in [2.24, 2.45) is 7.05 Å². The third-order valence-corrected chi connectivity index (χ3v) is 8.33. The Morgan fingerprint density at radius 3 is 2.17 bits per heavy atom. The molecule has 0 amide bonds. The van der Waals surface area contributed by atoms with Gasteiger partial charge in [0.25, 0.3) is 5.82 Å². The molecule has 3 nitrogen and oxygen atoms in total. The van der Waals surface area contributed by atoms with Crippen molar-refractivity contribution >= 4 is 32.6 Å². The molecule has 0 spiro atoms. The molecule has 4 aromatic carbocycles. The zero-order chi connectivity index (χ0) is 25.0. The van der Waals surface area contributed by atoms with Gasteiger partial charge in [-0.3, -0.25) is 0 Å². The summed E-state index contributed by atoms with van der Waals surface area (Å²) in [5, 5.41) is 1.17. The molecule has 0 saturated carbocycles. The molecule has 4 heteroatoms. The van der Waals surface area contributed by atoms with Gasteiger partial charge in [-0.15, -0.1) is 11.3 Å². The Morgan fingerprint density at radius 2 is 1.44 bits per heavy atom. The number of benzene rings is 4. The highest BCUT2D eigenvalue weighted by Crippen LogP contribution is 2.39. The average Bonchev–Trinajstić information content (AvgIpc) is 3.45. The van der Waals surface area contributed by atoms with Crippen LogP contribution in [0.5, 0.6) is 0 Å². The summed E-state index contributed by atoms with van der Waals surface area (Å²) < 4.78 is 5.94. The Hall–Kier alpha value is -3.76. The Balaban J connectivity index is 1.64. The number of thiazole rings is 1. The van der Waals surface area contributed by atoms with Crippen LogP contribution in [0.1, 0.15) is 31.3 Å². The minimum atomic E-state index is 0.0109. The van der Waals surface area contributed by atoms with Gasteiger partial charge < -0.3 is 0 Å². The predicted octanol–water partition coefficient (Wildman–Crippen LogP) is 8.00. The highest BCUT2D eigenvalue weighted by molar-refractivity contribution is 7.18. The van der Waals surface area contributed by atoms with Gasteiger partial charge in [-0.1, -0.05) is 81.4 Å². The van der Waals surface area contributed by atoms with Gasteiger partial charge in [-0.05, 0) is 53.9 Å². The second-order valence-electron chi connectivity index (χ2n) is 10.5. The molecule has 6 rings (SSSR count). The molecular weight excluding hydrogens is 458 g/mol. The normalized spacial score (nSPS) is 12.0. The number of hydrogen-bond donors (Lipinski definition) is 0. The van der Waals surface area contributed by atoms with Crippen molar-refractivity contribution in [2.45, 2.75) is 33.1 Å². The molecule has 0 radical (unpaired) electrons. The van der Waals surface area contributed by atoms with E-state index in [1.807, 2.05) is 0 Å². The van der Waals surface area contributed by atoms with E-state index in [2.05, 4.69) is 135 Å². The molecule has 0 aliphatic carbocycles. The van der Waals surface area contributed by atoms with Gasteiger partial charge in [0.2, 0.25) is 0 Å². The minimum Gasteiger partial charge on any atom is -0.240 e. The fourth-order valence-electron chi connectivity index (χ4n) is 4.99. The lowest BCUT2D eigenvalue weighted by Crippen LogP contribution is -2.30. The maximum absolute atomic E-state index is 5.21. The third kappa shape index (κ3) is 3.64. The van der Waals surface area contributed by atoms with Gasteiger partial charge in [-0.2, -0.15) is 4.57 Å². The van der Waals surface area contributed by atoms with Crippen molar-refractivity contribution in [1.82, 2.24) is 9.55 Å². The Labute approximate surface area is 216 Å². The van der Waals surface area contributed by atoms with E-state index in [1.54, 1.807) is 11.3 Å². The lowest BCUT2D eigenvalue weighted by atomic mass is 9.98. The number of fused-ring (bicyclic) bond motifs is 2. The molecule has 178 valence electrons. The van der Waals surface area contributed by atoms with Crippen LogP contribution >= 0.6 is 11.3 Å². The van der Waals surface area contributed by atoms with E-state index in [0.29, 0.717) is 0 Å². The molecule has 0 atom stereocenters. The van der Waals surface area contributed by atoms with Crippen LogP contribution in [0, 0.1) is 6.92 Å². The lowest BCUT2D eigenvalue weighted by Gasteiger charge is -2.13. The van der Waals surface area contributed by atoms with E-state index in [4.69, 9.17) is 4.98 Å². The highest BCUT2D eigenvalue weighted by atomic mass is 32.1. The summed E-state index contributed by atoms with van der Waals surface area (Å²) in [6, 6.07) is 32.6. The van der Waals surface area contributed by atoms with E-state index in [1.165, 1.54) is 43.0 Å². The van der Waals surface area contributed by atoms with E-state index in [9.17, 15) is 0 Å². The summed E-state index contributed by atoms with van der Waals surface area (Å²) in [7, 11) is 2.17. The number of aryl methyl sites for hydroxylation is 2. The zero-order valence-electron chi connectivity index (χ0n) is 21.4. The first-order valence-electron chi connectivity index (χ1n) is 12.4. The van der Waals surface area contributed by atoms with E-state index < -0.39 is 0 Å². The Bertz CT molecular complexity index is 1720. The molecule has 2 heterocycles.